The smallest absolute Gasteiger partial charge is 0.139 e. The van der Waals surface area contributed by atoms with Crippen LogP contribution in [0, 0.1) is 11.8 Å². The molecule has 0 bridgehead atoms. The van der Waals surface area contributed by atoms with Crippen LogP contribution in [-0.2, 0) is 4.79 Å². The fourth-order valence-corrected chi connectivity index (χ4v) is 2.10. The molecule has 90 valence electrons. The van der Waals surface area contributed by atoms with Gasteiger partial charge < -0.3 is 0 Å². The molecule has 16 heavy (non-hydrogen) atoms. The number of carbonyl (C=O) groups excluding carboxylic acids is 1. The second-order valence-electron chi connectivity index (χ2n) is 5.19. The van der Waals surface area contributed by atoms with E-state index in [4.69, 9.17) is 0 Å². The Kier molecular flexibility index (Phi) is 5.51. The molecule has 0 aliphatic heterocycles. The number of rotatable bonds is 5. The normalized spacial score (nSPS) is 22.7. The Morgan fingerprint density at radius 1 is 1.50 bits per heavy atom. The molecule has 1 fully saturated rings. The molecule has 0 spiro atoms. The van der Waals surface area contributed by atoms with Crippen molar-refractivity contribution >= 4 is 5.78 Å². The van der Waals surface area contributed by atoms with Crippen molar-refractivity contribution in [2.75, 3.05) is 0 Å². The van der Waals surface area contributed by atoms with E-state index in [0.29, 0.717) is 11.7 Å². The van der Waals surface area contributed by atoms with Gasteiger partial charge in [0.05, 0.1) is 0 Å². The lowest BCUT2D eigenvalue weighted by atomic mass is 10.00. The second-order valence-corrected chi connectivity index (χ2v) is 5.19. The van der Waals surface area contributed by atoms with Crippen LogP contribution in [0.4, 0.5) is 0 Å². The standard InChI is InChI=1S/C15H24O/c1-12(2)6-4-7-13(3)10-11-14-8-5-9-15(14)16/h6,10-11,13-14H,4-5,7-9H2,1-3H3/b11-10+. The topological polar surface area (TPSA) is 17.1 Å². The highest BCUT2D eigenvalue weighted by molar-refractivity contribution is 5.84. The van der Waals surface area contributed by atoms with Gasteiger partial charge in [0, 0.05) is 12.3 Å². The maximum Gasteiger partial charge on any atom is 0.139 e. The average Bonchev–Trinajstić information content (AvgIpc) is 2.60. The van der Waals surface area contributed by atoms with Crippen molar-refractivity contribution < 1.29 is 4.79 Å². The van der Waals surface area contributed by atoms with Gasteiger partial charge in [0.15, 0.2) is 0 Å². The van der Waals surface area contributed by atoms with E-state index < -0.39 is 0 Å². The Morgan fingerprint density at radius 3 is 2.81 bits per heavy atom. The zero-order chi connectivity index (χ0) is 12.0. The number of carbonyl (C=O) groups is 1. The molecule has 0 saturated heterocycles. The lowest BCUT2D eigenvalue weighted by Crippen LogP contribution is -2.02. The minimum Gasteiger partial charge on any atom is -0.299 e. The van der Waals surface area contributed by atoms with E-state index in [9.17, 15) is 4.79 Å². The highest BCUT2D eigenvalue weighted by Crippen LogP contribution is 2.23. The molecule has 0 amide bonds. The summed E-state index contributed by atoms with van der Waals surface area (Å²) in [6, 6.07) is 0. The SMILES string of the molecule is CC(C)=CCCC(C)/C=C/C1CCCC1=O. The zero-order valence-corrected chi connectivity index (χ0v) is 10.8. The molecule has 0 N–H and O–H groups in total. The highest BCUT2D eigenvalue weighted by atomic mass is 16.1. The van der Waals surface area contributed by atoms with Crippen molar-refractivity contribution in [1.29, 1.82) is 0 Å². The Balaban J connectivity index is 2.27. The fourth-order valence-electron chi connectivity index (χ4n) is 2.10. The van der Waals surface area contributed by atoms with Crippen LogP contribution in [-0.4, -0.2) is 5.78 Å². The molecule has 0 aromatic carbocycles. The maximum atomic E-state index is 11.4. The van der Waals surface area contributed by atoms with Crippen molar-refractivity contribution in [2.45, 2.75) is 52.9 Å². The van der Waals surface area contributed by atoms with Gasteiger partial charge >= 0.3 is 0 Å². The summed E-state index contributed by atoms with van der Waals surface area (Å²) >= 11 is 0. The summed E-state index contributed by atoms with van der Waals surface area (Å²) in [6.45, 7) is 6.50. The molecule has 1 nitrogen and oxygen atoms in total. The molecule has 0 radical (unpaired) electrons. The molecular formula is C15H24O. The van der Waals surface area contributed by atoms with Crippen LogP contribution >= 0.6 is 0 Å². The average molecular weight is 220 g/mol. The van der Waals surface area contributed by atoms with Gasteiger partial charge in [-0.2, -0.15) is 0 Å². The molecule has 0 heterocycles. The molecule has 1 heteroatoms. The lowest BCUT2D eigenvalue weighted by Gasteiger charge is -2.05. The molecule has 1 aliphatic carbocycles. The van der Waals surface area contributed by atoms with Crippen LogP contribution in [0.1, 0.15) is 52.9 Å². The summed E-state index contributed by atoms with van der Waals surface area (Å²) in [4.78, 5) is 11.4. The van der Waals surface area contributed by atoms with E-state index >= 15 is 0 Å². The van der Waals surface area contributed by atoms with Crippen molar-refractivity contribution in [3.05, 3.63) is 23.8 Å². The Bertz CT molecular complexity index is 282. The summed E-state index contributed by atoms with van der Waals surface area (Å²) in [5.74, 6) is 1.25. The highest BCUT2D eigenvalue weighted by Gasteiger charge is 2.21. The third-order valence-corrected chi connectivity index (χ3v) is 3.20. The van der Waals surface area contributed by atoms with Crippen molar-refractivity contribution in [3.8, 4) is 0 Å². The summed E-state index contributed by atoms with van der Waals surface area (Å²) in [5, 5.41) is 0. The summed E-state index contributed by atoms with van der Waals surface area (Å²) in [5.41, 5.74) is 1.39. The van der Waals surface area contributed by atoms with Crippen molar-refractivity contribution in [2.24, 2.45) is 11.8 Å². The first-order valence-electron chi connectivity index (χ1n) is 6.44. The van der Waals surface area contributed by atoms with Crippen molar-refractivity contribution in [1.82, 2.24) is 0 Å². The molecule has 1 aliphatic rings. The van der Waals surface area contributed by atoms with E-state index in [1.807, 2.05) is 0 Å². The predicted octanol–water partition coefficient (Wildman–Crippen LogP) is 4.29. The van der Waals surface area contributed by atoms with Gasteiger partial charge in [-0.1, -0.05) is 30.7 Å². The Labute approximate surface area is 99.6 Å². The largest absolute Gasteiger partial charge is 0.299 e. The third-order valence-electron chi connectivity index (χ3n) is 3.20. The van der Waals surface area contributed by atoms with Crippen LogP contribution in [0.3, 0.4) is 0 Å². The van der Waals surface area contributed by atoms with Gasteiger partial charge in [-0.3, -0.25) is 4.79 Å². The van der Waals surface area contributed by atoms with Gasteiger partial charge in [-0.25, -0.2) is 0 Å². The molecule has 0 aromatic heterocycles. The minimum atomic E-state index is 0.228. The first-order valence-corrected chi connectivity index (χ1v) is 6.44. The minimum absolute atomic E-state index is 0.228. The number of hydrogen-bond acceptors (Lipinski definition) is 1. The third kappa shape index (κ3) is 4.78. The van der Waals surface area contributed by atoms with Crippen LogP contribution < -0.4 is 0 Å². The van der Waals surface area contributed by atoms with E-state index in [-0.39, 0.29) is 5.92 Å². The van der Waals surface area contributed by atoms with Crippen LogP contribution in [0.5, 0.6) is 0 Å². The van der Waals surface area contributed by atoms with E-state index in [1.165, 1.54) is 12.0 Å². The second kappa shape index (κ2) is 6.67. The van der Waals surface area contributed by atoms with Crippen LogP contribution in [0.25, 0.3) is 0 Å². The Hall–Kier alpha value is -0.850. The van der Waals surface area contributed by atoms with Gasteiger partial charge in [0.1, 0.15) is 5.78 Å². The fraction of sp³-hybridized carbons (Fsp3) is 0.667. The van der Waals surface area contributed by atoms with Gasteiger partial charge in [0.2, 0.25) is 0 Å². The monoisotopic (exact) mass is 220 g/mol. The van der Waals surface area contributed by atoms with Crippen LogP contribution in [0.2, 0.25) is 0 Å². The van der Waals surface area contributed by atoms with Crippen molar-refractivity contribution in [3.63, 3.8) is 0 Å². The summed E-state index contributed by atoms with van der Waals surface area (Å²) in [7, 11) is 0. The van der Waals surface area contributed by atoms with Gasteiger partial charge in [0.25, 0.3) is 0 Å². The maximum absolute atomic E-state index is 11.4. The zero-order valence-electron chi connectivity index (χ0n) is 10.8. The van der Waals surface area contributed by atoms with Gasteiger partial charge in [-0.15, -0.1) is 0 Å². The number of allylic oxidation sites excluding steroid dienone is 4. The first kappa shape index (κ1) is 13.2. The molecule has 1 rings (SSSR count). The van der Waals surface area contributed by atoms with E-state index in [2.05, 4.69) is 39.0 Å². The summed E-state index contributed by atoms with van der Waals surface area (Å²) < 4.78 is 0. The predicted molar refractivity (Wildman–Crippen MR) is 69.3 cm³/mol. The molecule has 0 aromatic rings. The Morgan fingerprint density at radius 2 is 2.25 bits per heavy atom. The molecule has 2 atom stereocenters. The van der Waals surface area contributed by atoms with Gasteiger partial charge in [-0.05, 0) is 45.4 Å². The molecule has 2 unspecified atom stereocenters. The number of Topliss-reactive ketones (excluding diaryl/α,β-unsaturated/α-hetero) is 1. The molecule has 1 saturated carbocycles. The van der Waals surface area contributed by atoms with E-state index in [1.54, 1.807) is 0 Å². The van der Waals surface area contributed by atoms with E-state index in [0.717, 1.165) is 25.7 Å². The quantitative estimate of drug-likeness (QED) is 0.631. The number of hydrogen-bond donors (Lipinski definition) is 0. The lowest BCUT2D eigenvalue weighted by molar-refractivity contribution is -0.119. The molecular weight excluding hydrogens is 196 g/mol. The summed E-state index contributed by atoms with van der Waals surface area (Å²) in [6.07, 6.45) is 11.9. The number of ketones is 1. The van der Waals surface area contributed by atoms with Crippen LogP contribution in [0.15, 0.2) is 23.8 Å². The first-order chi connectivity index (χ1) is 7.59.